The quantitative estimate of drug-likeness (QED) is 0.785. The predicted octanol–water partition coefficient (Wildman–Crippen LogP) is 5.25. The van der Waals surface area contributed by atoms with Crippen molar-refractivity contribution in [2.24, 2.45) is 4.99 Å². The Bertz CT molecular complexity index is 775. The first-order chi connectivity index (χ1) is 11.3. The van der Waals surface area contributed by atoms with Crippen molar-refractivity contribution in [3.8, 4) is 0 Å². The van der Waals surface area contributed by atoms with E-state index in [0.29, 0.717) is 11.6 Å². The molecule has 1 aliphatic heterocycles. The molecule has 0 bridgehead atoms. The first-order valence-corrected chi connectivity index (χ1v) is 9.14. The number of aliphatic hydroxyl groups is 1. The van der Waals surface area contributed by atoms with E-state index in [2.05, 4.69) is 9.89 Å². The molecule has 0 radical (unpaired) electrons. The minimum atomic E-state index is -0.863. The first kappa shape index (κ1) is 17.5. The summed E-state index contributed by atoms with van der Waals surface area (Å²) in [6, 6.07) is 11.5. The van der Waals surface area contributed by atoms with Gasteiger partial charge in [0, 0.05) is 23.5 Å². The molecule has 1 aromatic heterocycles. The summed E-state index contributed by atoms with van der Waals surface area (Å²) in [6.45, 7) is 4.03. The number of benzene rings is 1. The Morgan fingerprint density at radius 3 is 2.46 bits per heavy atom. The van der Waals surface area contributed by atoms with E-state index in [0.717, 1.165) is 20.5 Å². The van der Waals surface area contributed by atoms with Crippen molar-refractivity contribution in [1.29, 1.82) is 0 Å². The maximum atomic E-state index is 10.4. The molecule has 0 spiro atoms. The third-order valence-electron chi connectivity index (χ3n) is 3.61. The van der Waals surface area contributed by atoms with Gasteiger partial charge in [0.15, 0.2) is 6.17 Å². The molecule has 6 heteroatoms. The molecule has 3 rings (SSSR count). The van der Waals surface area contributed by atoms with Gasteiger partial charge in [-0.2, -0.15) is 0 Å². The van der Waals surface area contributed by atoms with E-state index >= 15 is 0 Å². The first-order valence-electron chi connectivity index (χ1n) is 7.57. The summed E-state index contributed by atoms with van der Waals surface area (Å²) in [7, 11) is 0. The molecule has 24 heavy (non-hydrogen) atoms. The van der Waals surface area contributed by atoms with Gasteiger partial charge in [-0.3, -0.25) is 4.99 Å². The number of β-amino-alcohol motifs (C(OH)–C–C–N with tert-alkyl or cyclic N) is 1. The maximum Gasteiger partial charge on any atom is 0.156 e. The van der Waals surface area contributed by atoms with Gasteiger partial charge in [0.2, 0.25) is 0 Å². The van der Waals surface area contributed by atoms with E-state index < -0.39 is 5.60 Å². The smallest absolute Gasteiger partial charge is 0.156 e. The molecule has 0 amide bonds. The standard InChI is InChI=1S/C18H18Cl2N2OS/c1-18(2,23)11-22-14(12-3-5-13(19)6-4-12)9-10-21-17(22)15-7-8-16(20)24-15/h3-10,17,23H,11H2,1-2H3. The van der Waals surface area contributed by atoms with Crippen molar-refractivity contribution < 1.29 is 5.11 Å². The van der Waals surface area contributed by atoms with Gasteiger partial charge in [-0.15, -0.1) is 11.3 Å². The van der Waals surface area contributed by atoms with Crippen LogP contribution in [-0.2, 0) is 0 Å². The summed E-state index contributed by atoms with van der Waals surface area (Å²) in [5.74, 6) is 0. The number of rotatable bonds is 4. The molecule has 126 valence electrons. The van der Waals surface area contributed by atoms with E-state index in [1.165, 1.54) is 11.3 Å². The lowest BCUT2D eigenvalue weighted by atomic mass is 10.0. The third-order valence-corrected chi connectivity index (χ3v) is 5.13. The fourth-order valence-electron chi connectivity index (χ4n) is 2.67. The molecule has 2 heterocycles. The van der Waals surface area contributed by atoms with Crippen LogP contribution in [0.5, 0.6) is 0 Å². The molecule has 0 fully saturated rings. The summed E-state index contributed by atoms with van der Waals surface area (Å²) < 4.78 is 0.728. The summed E-state index contributed by atoms with van der Waals surface area (Å²) >= 11 is 13.6. The van der Waals surface area contributed by atoms with Crippen LogP contribution in [0.2, 0.25) is 9.36 Å². The lowest BCUT2D eigenvalue weighted by Crippen LogP contribution is -2.40. The van der Waals surface area contributed by atoms with E-state index in [4.69, 9.17) is 23.2 Å². The second-order valence-corrected chi connectivity index (χ2v) is 8.50. The molecule has 1 atom stereocenters. The maximum absolute atomic E-state index is 10.4. The Kier molecular flexibility index (Phi) is 5.02. The normalized spacial score (nSPS) is 18.0. The van der Waals surface area contributed by atoms with Gasteiger partial charge in [0.1, 0.15) is 0 Å². The zero-order valence-electron chi connectivity index (χ0n) is 13.4. The lowest BCUT2D eigenvalue weighted by Gasteiger charge is -2.38. The van der Waals surface area contributed by atoms with Crippen molar-refractivity contribution in [3.05, 3.63) is 62.3 Å². The average Bonchev–Trinajstić information content (AvgIpc) is 2.93. The minimum Gasteiger partial charge on any atom is -0.389 e. The number of hydrogen-bond acceptors (Lipinski definition) is 4. The molecule has 0 saturated heterocycles. The van der Waals surface area contributed by atoms with E-state index in [1.54, 1.807) is 13.8 Å². The minimum absolute atomic E-state index is 0.204. The van der Waals surface area contributed by atoms with Gasteiger partial charge in [-0.25, -0.2) is 0 Å². The summed E-state index contributed by atoms with van der Waals surface area (Å²) in [5.41, 5.74) is 1.17. The van der Waals surface area contributed by atoms with E-state index in [9.17, 15) is 5.11 Å². The van der Waals surface area contributed by atoms with Crippen LogP contribution in [0, 0.1) is 0 Å². The second-order valence-electron chi connectivity index (χ2n) is 6.31. The van der Waals surface area contributed by atoms with Crippen LogP contribution in [0.25, 0.3) is 5.70 Å². The van der Waals surface area contributed by atoms with E-state index in [-0.39, 0.29) is 6.17 Å². The molecule has 1 aromatic carbocycles. The van der Waals surface area contributed by atoms with Gasteiger partial charge in [0.05, 0.1) is 14.8 Å². The van der Waals surface area contributed by atoms with Gasteiger partial charge in [0.25, 0.3) is 0 Å². The zero-order chi connectivity index (χ0) is 17.3. The van der Waals surface area contributed by atoms with Crippen molar-refractivity contribution in [2.45, 2.75) is 25.6 Å². The zero-order valence-corrected chi connectivity index (χ0v) is 15.7. The van der Waals surface area contributed by atoms with Gasteiger partial charge in [-0.1, -0.05) is 35.3 Å². The number of nitrogens with zero attached hydrogens (tertiary/aromatic N) is 2. The van der Waals surface area contributed by atoms with E-state index in [1.807, 2.05) is 48.7 Å². The molecular formula is C18H18Cl2N2OS. The highest BCUT2D eigenvalue weighted by atomic mass is 35.5. The SMILES string of the molecule is CC(C)(O)CN1C(c2ccc(Cl)cc2)=CC=NC1c1ccc(Cl)s1. The van der Waals surface area contributed by atoms with Crippen LogP contribution >= 0.6 is 34.5 Å². The number of hydrogen-bond donors (Lipinski definition) is 1. The molecule has 1 N–H and O–H groups in total. The number of aliphatic imine (C=N–C) groups is 1. The Morgan fingerprint density at radius 1 is 1.17 bits per heavy atom. The van der Waals surface area contributed by atoms with Gasteiger partial charge < -0.3 is 10.0 Å². The molecule has 0 saturated carbocycles. The van der Waals surface area contributed by atoms with Crippen molar-refractivity contribution in [2.75, 3.05) is 6.54 Å². The second kappa shape index (κ2) is 6.89. The summed E-state index contributed by atoms with van der Waals surface area (Å²) in [4.78, 5) is 7.76. The van der Waals surface area contributed by atoms with Crippen molar-refractivity contribution in [3.63, 3.8) is 0 Å². The Balaban J connectivity index is 2.01. The van der Waals surface area contributed by atoms with Crippen LogP contribution in [0.15, 0.2) is 47.5 Å². The van der Waals surface area contributed by atoms with Crippen LogP contribution in [0.3, 0.4) is 0 Å². The number of allylic oxidation sites excluding steroid dienone is 1. The van der Waals surface area contributed by atoms with Crippen LogP contribution < -0.4 is 0 Å². The van der Waals surface area contributed by atoms with Crippen LogP contribution in [0.4, 0.5) is 0 Å². The molecule has 2 aromatic rings. The van der Waals surface area contributed by atoms with Crippen molar-refractivity contribution in [1.82, 2.24) is 4.90 Å². The molecule has 3 nitrogen and oxygen atoms in total. The Labute approximate surface area is 155 Å². The average molecular weight is 381 g/mol. The molecular weight excluding hydrogens is 363 g/mol. The highest BCUT2D eigenvalue weighted by Gasteiger charge is 2.30. The number of thiophene rings is 1. The van der Waals surface area contributed by atoms with Gasteiger partial charge >= 0.3 is 0 Å². The highest BCUT2D eigenvalue weighted by Crippen LogP contribution is 2.38. The topological polar surface area (TPSA) is 35.8 Å². The van der Waals surface area contributed by atoms with Crippen molar-refractivity contribution >= 4 is 46.5 Å². The largest absolute Gasteiger partial charge is 0.389 e. The third kappa shape index (κ3) is 4.01. The fourth-order valence-corrected chi connectivity index (χ4v) is 3.92. The Morgan fingerprint density at radius 2 is 1.88 bits per heavy atom. The van der Waals surface area contributed by atoms with Crippen LogP contribution in [0.1, 0.15) is 30.5 Å². The lowest BCUT2D eigenvalue weighted by molar-refractivity contribution is 0.0435. The summed E-state index contributed by atoms with van der Waals surface area (Å²) in [6.07, 6.45) is 3.56. The fraction of sp³-hybridized carbons (Fsp3) is 0.278. The molecule has 0 aliphatic carbocycles. The summed E-state index contributed by atoms with van der Waals surface area (Å²) in [5, 5.41) is 11.1. The Hall–Kier alpha value is -1.33. The van der Waals surface area contributed by atoms with Gasteiger partial charge in [-0.05, 0) is 49.8 Å². The monoisotopic (exact) mass is 380 g/mol. The number of halogens is 2. The molecule has 1 unspecified atom stereocenters. The molecule has 1 aliphatic rings. The van der Waals surface area contributed by atoms with Crippen LogP contribution in [-0.4, -0.2) is 28.4 Å². The highest BCUT2D eigenvalue weighted by molar-refractivity contribution is 7.16. The predicted molar refractivity (Wildman–Crippen MR) is 103 cm³/mol.